The summed E-state index contributed by atoms with van der Waals surface area (Å²) in [6.45, 7) is 0. The van der Waals surface area contributed by atoms with Crippen molar-refractivity contribution in [2.45, 2.75) is 6.04 Å². The number of nitrogens with zero attached hydrogens (tertiary/aromatic N) is 3. The number of nitro groups is 1. The molecule has 0 bridgehead atoms. The predicted molar refractivity (Wildman–Crippen MR) is 96.7 cm³/mol. The number of halogens is 1. The van der Waals surface area contributed by atoms with Gasteiger partial charge in [0.1, 0.15) is 23.4 Å². The molecule has 1 heterocycles. The lowest BCUT2D eigenvalue weighted by atomic mass is 10.0. The number of carbonyl (C=O) groups is 1. The molecule has 138 valence electrons. The summed E-state index contributed by atoms with van der Waals surface area (Å²) >= 11 is 0. The minimum atomic E-state index is -0.788. The Bertz CT molecular complexity index is 1020. The molecule has 0 radical (unpaired) electrons. The van der Waals surface area contributed by atoms with Crippen LogP contribution in [0.2, 0.25) is 0 Å². The molecule has 1 atom stereocenters. The maximum atomic E-state index is 14.4. The molecule has 0 saturated heterocycles. The maximum Gasteiger partial charge on any atom is 0.293 e. The van der Waals surface area contributed by atoms with E-state index in [1.165, 1.54) is 18.2 Å². The van der Waals surface area contributed by atoms with Crippen LogP contribution in [0, 0.1) is 15.9 Å². The van der Waals surface area contributed by atoms with E-state index in [0.717, 1.165) is 6.07 Å². The van der Waals surface area contributed by atoms with Crippen molar-refractivity contribution >= 4 is 17.3 Å². The maximum absolute atomic E-state index is 14.4. The lowest BCUT2D eigenvalue weighted by Crippen LogP contribution is -2.19. The Kier molecular flexibility index (Phi) is 4.84. The van der Waals surface area contributed by atoms with Gasteiger partial charge in [-0.15, -0.1) is 0 Å². The van der Waals surface area contributed by atoms with Crippen LogP contribution in [0.25, 0.3) is 0 Å². The Morgan fingerprint density at radius 1 is 1.33 bits per heavy atom. The standard InChI is InChI=1S/C18H16FN5O3/c1-23-9-8-21-18(23)16(12-4-2-3-5-13(12)19)22-14-7-6-11(17(20)25)10-15(14)24(26)27/h2-10,16,22H,1H3,(H2,20,25)/t16-/m1/s1. The zero-order valence-corrected chi connectivity index (χ0v) is 14.3. The Hall–Kier alpha value is -3.75. The summed E-state index contributed by atoms with van der Waals surface area (Å²) in [7, 11) is 1.74. The normalized spacial score (nSPS) is 11.8. The molecule has 1 aromatic heterocycles. The molecule has 3 rings (SSSR count). The van der Waals surface area contributed by atoms with Crippen LogP contribution >= 0.6 is 0 Å². The molecule has 0 spiro atoms. The first-order valence-corrected chi connectivity index (χ1v) is 7.95. The van der Waals surface area contributed by atoms with E-state index in [1.54, 1.807) is 42.2 Å². The molecular weight excluding hydrogens is 353 g/mol. The molecule has 0 fully saturated rings. The number of hydrogen-bond acceptors (Lipinski definition) is 5. The average molecular weight is 369 g/mol. The fourth-order valence-electron chi connectivity index (χ4n) is 2.76. The number of imidazole rings is 1. The molecule has 0 aliphatic rings. The number of aromatic nitrogens is 2. The molecule has 0 saturated carbocycles. The van der Waals surface area contributed by atoms with Crippen molar-refractivity contribution in [1.82, 2.24) is 9.55 Å². The van der Waals surface area contributed by atoms with Gasteiger partial charge in [0, 0.05) is 36.6 Å². The van der Waals surface area contributed by atoms with Crippen LogP contribution in [0.15, 0.2) is 54.9 Å². The number of amides is 1. The topological polar surface area (TPSA) is 116 Å². The van der Waals surface area contributed by atoms with E-state index in [4.69, 9.17) is 5.73 Å². The van der Waals surface area contributed by atoms with Gasteiger partial charge in [0.2, 0.25) is 5.91 Å². The number of nitrogens with two attached hydrogens (primary N) is 1. The summed E-state index contributed by atoms with van der Waals surface area (Å²) in [6.07, 6.45) is 3.24. The van der Waals surface area contributed by atoms with Crippen molar-refractivity contribution in [2.75, 3.05) is 5.32 Å². The minimum Gasteiger partial charge on any atom is -0.366 e. The van der Waals surface area contributed by atoms with E-state index in [-0.39, 0.29) is 22.5 Å². The van der Waals surface area contributed by atoms with Crippen LogP contribution in [-0.4, -0.2) is 20.4 Å². The van der Waals surface area contributed by atoms with Gasteiger partial charge in [-0.3, -0.25) is 14.9 Å². The van der Waals surface area contributed by atoms with Gasteiger partial charge in [0.15, 0.2) is 0 Å². The minimum absolute atomic E-state index is 0.00619. The fourth-order valence-corrected chi connectivity index (χ4v) is 2.76. The second kappa shape index (κ2) is 7.24. The van der Waals surface area contributed by atoms with E-state index in [2.05, 4.69) is 10.3 Å². The molecule has 27 heavy (non-hydrogen) atoms. The van der Waals surface area contributed by atoms with Crippen LogP contribution in [0.4, 0.5) is 15.8 Å². The zero-order valence-electron chi connectivity index (χ0n) is 14.3. The molecular formula is C18H16FN5O3. The Labute approximate surface area is 153 Å². The molecule has 0 aliphatic heterocycles. The number of aryl methyl sites for hydroxylation is 1. The number of nitrogens with one attached hydrogen (secondary N) is 1. The van der Waals surface area contributed by atoms with Gasteiger partial charge >= 0.3 is 0 Å². The molecule has 1 amide bonds. The Morgan fingerprint density at radius 2 is 2.07 bits per heavy atom. The Balaban J connectivity index is 2.11. The second-order valence-corrected chi connectivity index (χ2v) is 5.85. The Morgan fingerprint density at radius 3 is 2.67 bits per heavy atom. The van der Waals surface area contributed by atoms with E-state index >= 15 is 0 Å². The lowest BCUT2D eigenvalue weighted by Gasteiger charge is -2.21. The first-order valence-electron chi connectivity index (χ1n) is 7.95. The van der Waals surface area contributed by atoms with Crippen molar-refractivity contribution in [1.29, 1.82) is 0 Å². The summed E-state index contributed by atoms with van der Waals surface area (Å²) in [4.78, 5) is 26.4. The first kappa shape index (κ1) is 18.1. The summed E-state index contributed by atoms with van der Waals surface area (Å²) < 4.78 is 16.1. The highest BCUT2D eigenvalue weighted by molar-refractivity contribution is 5.94. The smallest absolute Gasteiger partial charge is 0.293 e. The predicted octanol–water partition coefficient (Wildman–Crippen LogP) is 2.77. The molecule has 0 unspecified atom stereocenters. The summed E-state index contributed by atoms with van der Waals surface area (Å²) in [5.41, 5.74) is 5.25. The van der Waals surface area contributed by atoms with Crippen LogP contribution in [-0.2, 0) is 7.05 Å². The van der Waals surface area contributed by atoms with Crippen LogP contribution in [0.5, 0.6) is 0 Å². The van der Waals surface area contributed by atoms with Crippen LogP contribution in [0.1, 0.15) is 27.8 Å². The summed E-state index contributed by atoms with van der Waals surface area (Å²) in [6, 6.07) is 9.14. The van der Waals surface area contributed by atoms with Gasteiger partial charge in [0.05, 0.1) is 4.92 Å². The number of anilines is 1. The van der Waals surface area contributed by atoms with Gasteiger partial charge in [-0.2, -0.15) is 0 Å². The molecule has 8 nitrogen and oxygen atoms in total. The van der Waals surface area contributed by atoms with Crippen LogP contribution < -0.4 is 11.1 Å². The van der Waals surface area contributed by atoms with Gasteiger partial charge in [-0.05, 0) is 18.2 Å². The first-order chi connectivity index (χ1) is 12.9. The van der Waals surface area contributed by atoms with Gasteiger partial charge in [-0.1, -0.05) is 18.2 Å². The highest BCUT2D eigenvalue weighted by atomic mass is 19.1. The molecule has 9 heteroatoms. The highest BCUT2D eigenvalue weighted by Gasteiger charge is 2.25. The van der Waals surface area contributed by atoms with E-state index < -0.39 is 22.7 Å². The van der Waals surface area contributed by atoms with Crippen molar-refractivity contribution in [3.8, 4) is 0 Å². The van der Waals surface area contributed by atoms with Gasteiger partial charge in [0.25, 0.3) is 5.69 Å². The van der Waals surface area contributed by atoms with Crippen molar-refractivity contribution in [3.63, 3.8) is 0 Å². The molecule has 2 aromatic carbocycles. The third kappa shape index (κ3) is 3.61. The fraction of sp³-hybridized carbons (Fsp3) is 0.111. The van der Waals surface area contributed by atoms with Crippen molar-refractivity contribution < 1.29 is 14.1 Å². The average Bonchev–Trinajstić information content (AvgIpc) is 3.06. The van der Waals surface area contributed by atoms with E-state index in [0.29, 0.717) is 5.82 Å². The number of carbonyl (C=O) groups excluding carboxylic acids is 1. The number of benzene rings is 2. The monoisotopic (exact) mass is 369 g/mol. The summed E-state index contributed by atoms with van der Waals surface area (Å²) in [5.74, 6) is -0.790. The second-order valence-electron chi connectivity index (χ2n) is 5.85. The number of nitro benzene ring substituents is 1. The number of hydrogen-bond donors (Lipinski definition) is 2. The number of rotatable bonds is 6. The zero-order chi connectivity index (χ0) is 19.6. The molecule has 0 aliphatic carbocycles. The SMILES string of the molecule is Cn1ccnc1[C@H](Nc1ccc(C(N)=O)cc1[N+](=O)[O-])c1ccccc1F. The van der Waals surface area contributed by atoms with E-state index in [1.807, 2.05) is 0 Å². The lowest BCUT2D eigenvalue weighted by molar-refractivity contribution is -0.384. The third-order valence-electron chi connectivity index (χ3n) is 4.11. The quantitative estimate of drug-likeness (QED) is 0.512. The highest BCUT2D eigenvalue weighted by Crippen LogP contribution is 2.32. The van der Waals surface area contributed by atoms with Gasteiger partial charge < -0.3 is 15.6 Å². The molecule has 3 aromatic rings. The van der Waals surface area contributed by atoms with E-state index in [9.17, 15) is 19.3 Å². The number of primary amides is 1. The summed E-state index contributed by atoms with van der Waals surface area (Å²) in [5, 5.41) is 14.4. The van der Waals surface area contributed by atoms with Crippen molar-refractivity contribution in [3.05, 3.63) is 87.7 Å². The molecule has 3 N–H and O–H groups in total. The van der Waals surface area contributed by atoms with Gasteiger partial charge in [-0.25, -0.2) is 9.37 Å². The third-order valence-corrected chi connectivity index (χ3v) is 4.11. The van der Waals surface area contributed by atoms with Crippen LogP contribution in [0.3, 0.4) is 0 Å². The van der Waals surface area contributed by atoms with Crippen molar-refractivity contribution in [2.24, 2.45) is 12.8 Å². The largest absolute Gasteiger partial charge is 0.366 e.